The highest BCUT2D eigenvalue weighted by Crippen LogP contribution is 2.71. The number of fused-ring (bicyclic) bond motifs is 3. The lowest BCUT2D eigenvalue weighted by Crippen LogP contribution is -2.76. The SMILES string of the molecule is C=C1CCC23CCC4(Nc5ccc(Br)cc5C14C2)N(S(=O)(=O)c1ccc(Cl)cc1)C3. The van der Waals surface area contributed by atoms with Gasteiger partial charge in [-0.15, -0.1) is 0 Å². The number of halogens is 2. The summed E-state index contributed by atoms with van der Waals surface area (Å²) in [5, 5.41) is 4.25. The van der Waals surface area contributed by atoms with Crippen molar-refractivity contribution in [2.24, 2.45) is 5.41 Å². The van der Waals surface area contributed by atoms with Crippen molar-refractivity contribution in [2.75, 3.05) is 11.9 Å². The summed E-state index contributed by atoms with van der Waals surface area (Å²) in [5.41, 5.74) is 2.23. The topological polar surface area (TPSA) is 49.4 Å². The van der Waals surface area contributed by atoms with E-state index in [1.54, 1.807) is 28.6 Å². The van der Waals surface area contributed by atoms with Crippen molar-refractivity contribution in [3.63, 3.8) is 0 Å². The molecule has 3 atom stereocenters. The third-order valence-corrected chi connectivity index (χ3v) is 10.6. The summed E-state index contributed by atoms with van der Waals surface area (Å²) in [4.78, 5) is 0.294. The van der Waals surface area contributed by atoms with E-state index in [9.17, 15) is 8.42 Å². The largest absolute Gasteiger partial charge is 0.365 e. The van der Waals surface area contributed by atoms with E-state index in [1.807, 2.05) is 6.07 Å². The van der Waals surface area contributed by atoms with E-state index in [4.69, 9.17) is 11.6 Å². The average molecular weight is 506 g/mol. The van der Waals surface area contributed by atoms with Gasteiger partial charge in [-0.2, -0.15) is 4.31 Å². The monoisotopic (exact) mass is 504 g/mol. The van der Waals surface area contributed by atoms with E-state index in [0.29, 0.717) is 16.5 Å². The molecule has 3 aliphatic heterocycles. The molecule has 2 aliphatic carbocycles. The Bertz CT molecular complexity index is 1210. The molecule has 3 spiro atoms. The van der Waals surface area contributed by atoms with Gasteiger partial charge in [0.1, 0.15) is 5.66 Å². The summed E-state index contributed by atoms with van der Waals surface area (Å²) in [5.74, 6) is 0. The zero-order valence-electron chi connectivity index (χ0n) is 16.4. The summed E-state index contributed by atoms with van der Waals surface area (Å²) < 4.78 is 30.7. The lowest BCUT2D eigenvalue weighted by Gasteiger charge is -2.68. The van der Waals surface area contributed by atoms with Crippen LogP contribution < -0.4 is 5.32 Å². The maximum absolute atomic E-state index is 14.0. The Balaban J connectivity index is 1.61. The van der Waals surface area contributed by atoms with Crippen LogP contribution >= 0.6 is 27.5 Å². The molecule has 0 amide bonds. The van der Waals surface area contributed by atoms with Gasteiger partial charge in [-0.25, -0.2) is 8.42 Å². The summed E-state index contributed by atoms with van der Waals surface area (Å²) in [6, 6.07) is 12.8. The molecule has 30 heavy (non-hydrogen) atoms. The van der Waals surface area contributed by atoms with Crippen LogP contribution in [0.1, 0.15) is 37.7 Å². The van der Waals surface area contributed by atoms with E-state index >= 15 is 0 Å². The molecule has 2 aromatic rings. The molecule has 4 nitrogen and oxygen atoms in total. The number of hydrogen-bond donors (Lipinski definition) is 1. The molecule has 2 saturated heterocycles. The minimum Gasteiger partial charge on any atom is -0.365 e. The predicted octanol–water partition coefficient (Wildman–Crippen LogP) is 5.69. The molecule has 7 heteroatoms. The van der Waals surface area contributed by atoms with Crippen molar-refractivity contribution in [3.05, 3.63) is 69.7 Å². The number of nitrogens with zero attached hydrogens (tertiary/aromatic N) is 1. The van der Waals surface area contributed by atoms with Gasteiger partial charge in [0.05, 0.1) is 10.3 Å². The Kier molecular flexibility index (Phi) is 3.81. The van der Waals surface area contributed by atoms with Gasteiger partial charge in [-0.3, -0.25) is 0 Å². The van der Waals surface area contributed by atoms with Crippen LogP contribution in [0.4, 0.5) is 5.69 Å². The second-order valence-corrected chi connectivity index (χ2v) is 12.5. The number of sulfonamides is 1. The van der Waals surface area contributed by atoms with Crippen LogP contribution in [0.25, 0.3) is 0 Å². The number of piperidine rings is 2. The van der Waals surface area contributed by atoms with Gasteiger partial charge in [0.25, 0.3) is 0 Å². The Hall–Kier alpha value is -1.34. The van der Waals surface area contributed by atoms with Gasteiger partial charge >= 0.3 is 0 Å². The van der Waals surface area contributed by atoms with Gasteiger partial charge in [-0.05, 0) is 85.5 Å². The highest BCUT2D eigenvalue weighted by molar-refractivity contribution is 9.10. The van der Waals surface area contributed by atoms with E-state index in [1.165, 1.54) is 5.56 Å². The van der Waals surface area contributed by atoms with E-state index in [0.717, 1.165) is 47.8 Å². The summed E-state index contributed by atoms with van der Waals surface area (Å²) in [6.07, 6.45) is 4.73. The molecule has 3 unspecified atom stereocenters. The van der Waals surface area contributed by atoms with E-state index in [2.05, 4.69) is 40.0 Å². The second-order valence-electron chi connectivity index (χ2n) is 9.33. The van der Waals surface area contributed by atoms with Crippen LogP contribution in [-0.2, 0) is 15.4 Å². The first-order valence-corrected chi connectivity index (χ1v) is 12.9. The van der Waals surface area contributed by atoms with Crippen LogP contribution in [0.15, 0.2) is 64.0 Å². The molecule has 2 aromatic carbocycles. The van der Waals surface area contributed by atoms with Crippen molar-refractivity contribution in [1.29, 1.82) is 0 Å². The molecule has 3 bridgehead atoms. The first kappa shape index (κ1) is 19.4. The first-order valence-electron chi connectivity index (χ1n) is 10.3. The second kappa shape index (κ2) is 5.91. The standard InChI is InChI=1S/C23H22BrClN2O2S/c1-15-8-9-21-10-11-23(22(15,13-21)19-12-16(24)2-7-20(19)26-23)27(14-21)30(28,29)18-5-3-17(25)4-6-18/h2-7,12,26H,1,8-11,13-14H2. The molecular formula is C23H22BrClN2O2S. The third kappa shape index (κ3) is 2.18. The van der Waals surface area contributed by atoms with Gasteiger partial charge in [0.15, 0.2) is 0 Å². The highest BCUT2D eigenvalue weighted by atomic mass is 79.9. The molecule has 1 N–H and O–H groups in total. The smallest absolute Gasteiger partial charge is 0.245 e. The fourth-order valence-electron chi connectivity index (χ4n) is 6.67. The van der Waals surface area contributed by atoms with E-state index < -0.39 is 21.1 Å². The van der Waals surface area contributed by atoms with Gasteiger partial charge in [0.2, 0.25) is 10.0 Å². The molecule has 7 rings (SSSR count). The fraction of sp³-hybridized carbons (Fsp3) is 0.391. The van der Waals surface area contributed by atoms with Crippen molar-refractivity contribution in [2.45, 2.75) is 48.1 Å². The van der Waals surface area contributed by atoms with Crippen LogP contribution in [0, 0.1) is 5.41 Å². The number of benzene rings is 2. The predicted molar refractivity (Wildman–Crippen MR) is 122 cm³/mol. The molecule has 3 heterocycles. The summed E-state index contributed by atoms with van der Waals surface area (Å²) in [7, 11) is -3.72. The minimum absolute atomic E-state index is 0.00591. The van der Waals surface area contributed by atoms with Crippen LogP contribution in [0.3, 0.4) is 0 Å². The Morgan fingerprint density at radius 2 is 1.87 bits per heavy atom. The van der Waals surface area contributed by atoms with Crippen LogP contribution in [0.2, 0.25) is 5.02 Å². The normalized spacial score (nSPS) is 34.4. The Morgan fingerprint density at radius 1 is 1.10 bits per heavy atom. The molecule has 156 valence electrons. The van der Waals surface area contributed by atoms with Crippen molar-refractivity contribution >= 4 is 43.2 Å². The molecule has 2 saturated carbocycles. The molecule has 4 fully saturated rings. The number of nitrogens with one attached hydrogen (secondary N) is 1. The molecule has 5 aliphatic rings. The maximum Gasteiger partial charge on any atom is 0.245 e. The summed E-state index contributed by atoms with van der Waals surface area (Å²) in [6.45, 7) is 5.06. The zero-order chi connectivity index (χ0) is 20.9. The highest BCUT2D eigenvalue weighted by Gasteiger charge is 2.74. The lowest BCUT2D eigenvalue weighted by molar-refractivity contribution is -0.0884. The van der Waals surface area contributed by atoms with Gasteiger partial charge in [-0.1, -0.05) is 39.7 Å². The van der Waals surface area contributed by atoms with Crippen molar-refractivity contribution in [1.82, 2.24) is 4.31 Å². The van der Waals surface area contributed by atoms with Crippen molar-refractivity contribution in [3.8, 4) is 0 Å². The number of rotatable bonds is 2. The third-order valence-electron chi connectivity index (χ3n) is 8.01. The zero-order valence-corrected chi connectivity index (χ0v) is 19.6. The number of hydrogen-bond acceptors (Lipinski definition) is 3. The summed E-state index contributed by atoms with van der Waals surface area (Å²) >= 11 is 9.67. The molecule has 0 radical (unpaired) electrons. The first-order chi connectivity index (χ1) is 14.2. The minimum atomic E-state index is -3.72. The van der Waals surface area contributed by atoms with Crippen LogP contribution in [0.5, 0.6) is 0 Å². The van der Waals surface area contributed by atoms with Gasteiger partial charge in [0, 0.05) is 21.7 Å². The van der Waals surface area contributed by atoms with E-state index in [-0.39, 0.29) is 5.41 Å². The Labute approximate surface area is 190 Å². The Morgan fingerprint density at radius 3 is 2.63 bits per heavy atom. The van der Waals surface area contributed by atoms with Crippen molar-refractivity contribution < 1.29 is 8.42 Å². The average Bonchev–Trinajstić information content (AvgIpc) is 3.01. The molecular weight excluding hydrogens is 484 g/mol. The maximum atomic E-state index is 14.0. The van der Waals surface area contributed by atoms with Gasteiger partial charge < -0.3 is 5.32 Å². The quantitative estimate of drug-likeness (QED) is 0.534. The number of anilines is 1. The fourth-order valence-corrected chi connectivity index (χ4v) is 9.04. The van der Waals surface area contributed by atoms with Crippen LogP contribution in [-0.4, -0.2) is 24.9 Å². The molecule has 0 aromatic heterocycles. The lowest BCUT2D eigenvalue weighted by atomic mass is 9.45.